The van der Waals surface area contributed by atoms with Crippen LogP contribution in [0.25, 0.3) is 0 Å². The van der Waals surface area contributed by atoms with Gasteiger partial charge in [-0.3, -0.25) is 0 Å². The van der Waals surface area contributed by atoms with Crippen molar-refractivity contribution >= 4 is 15.9 Å². The Bertz CT molecular complexity index is 596. The number of rotatable bonds is 4. The lowest BCUT2D eigenvalue weighted by Gasteiger charge is -2.15. The molecule has 106 valence electrons. The van der Waals surface area contributed by atoms with Crippen molar-refractivity contribution in [2.24, 2.45) is 5.73 Å². The highest BCUT2D eigenvalue weighted by Gasteiger charge is 2.18. The van der Waals surface area contributed by atoms with Crippen molar-refractivity contribution in [3.8, 4) is 5.75 Å². The lowest BCUT2D eigenvalue weighted by molar-refractivity contribution is 0.403. The zero-order valence-electron chi connectivity index (χ0n) is 10.9. The van der Waals surface area contributed by atoms with Gasteiger partial charge in [0.2, 0.25) is 0 Å². The van der Waals surface area contributed by atoms with Gasteiger partial charge in [0, 0.05) is 28.2 Å². The van der Waals surface area contributed by atoms with Crippen LogP contribution in [0.15, 0.2) is 40.9 Å². The second-order valence-electron chi connectivity index (χ2n) is 4.45. The largest absolute Gasteiger partial charge is 0.497 e. The van der Waals surface area contributed by atoms with E-state index >= 15 is 0 Å². The van der Waals surface area contributed by atoms with E-state index in [-0.39, 0.29) is 11.3 Å². The van der Waals surface area contributed by atoms with Crippen molar-refractivity contribution in [1.82, 2.24) is 0 Å². The molecular weight excluding hydrogens is 328 g/mol. The molecule has 2 aromatic carbocycles. The predicted octanol–water partition coefficient (Wildman–Crippen LogP) is 3.98. The second kappa shape index (κ2) is 6.33. The molecule has 2 N–H and O–H groups in total. The van der Waals surface area contributed by atoms with Crippen LogP contribution in [-0.4, -0.2) is 7.11 Å². The van der Waals surface area contributed by atoms with Crippen molar-refractivity contribution < 1.29 is 13.5 Å². The average molecular weight is 342 g/mol. The first-order chi connectivity index (χ1) is 9.51. The van der Waals surface area contributed by atoms with Crippen LogP contribution in [0.1, 0.15) is 17.2 Å². The SMILES string of the molecule is COc1cc(F)c(C(N)Cc2cccc(Br)c2)c(F)c1. The Balaban J connectivity index is 2.27. The van der Waals surface area contributed by atoms with E-state index < -0.39 is 17.7 Å². The Kier molecular flexibility index (Phi) is 4.73. The highest BCUT2D eigenvalue weighted by atomic mass is 79.9. The van der Waals surface area contributed by atoms with Crippen LogP contribution in [-0.2, 0) is 6.42 Å². The standard InChI is InChI=1S/C15H14BrF2NO/c1-20-11-7-12(17)15(13(18)8-11)14(19)6-9-3-2-4-10(16)5-9/h2-5,7-8,14H,6,19H2,1H3. The lowest BCUT2D eigenvalue weighted by atomic mass is 9.98. The maximum absolute atomic E-state index is 13.9. The van der Waals surface area contributed by atoms with Crippen LogP contribution in [0.3, 0.4) is 0 Å². The molecule has 2 nitrogen and oxygen atoms in total. The van der Waals surface area contributed by atoms with Gasteiger partial charge >= 0.3 is 0 Å². The molecule has 0 saturated carbocycles. The van der Waals surface area contributed by atoms with E-state index in [0.29, 0.717) is 6.42 Å². The van der Waals surface area contributed by atoms with E-state index in [9.17, 15) is 8.78 Å². The van der Waals surface area contributed by atoms with Gasteiger partial charge in [-0.05, 0) is 24.1 Å². The van der Waals surface area contributed by atoms with Gasteiger partial charge in [-0.2, -0.15) is 0 Å². The van der Waals surface area contributed by atoms with Crippen LogP contribution in [0.2, 0.25) is 0 Å². The van der Waals surface area contributed by atoms with Crippen molar-refractivity contribution in [2.75, 3.05) is 7.11 Å². The van der Waals surface area contributed by atoms with Gasteiger partial charge in [0.1, 0.15) is 17.4 Å². The fourth-order valence-corrected chi connectivity index (χ4v) is 2.50. The van der Waals surface area contributed by atoms with E-state index in [1.165, 1.54) is 7.11 Å². The molecule has 2 aromatic rings. The van der Waals surface area contributed by atoms with Crippen molar-refractivity contribution in [3.63, 3.8) is 0 Å². The highest BCUT2D eigenvalue weighted by Crippen LogP contribution is 2.27. The number of hydrogen-bond acceptors (Lipinski definition) is 2. The van der Waals surface area contributed by atoms with Gasteiger partial charge in [-0.1, -0.05) is 28.1 Å². The van der Waals surface area contributed by atoms with Crippen LogP contribution >= 0.6 is 15.9 Å². The third-order valence-corrected chi connectivity index (χ3v) is 3.50. The van der Waals surface area contributed by atoms with Crippen LogP contribution in [0, 0.1) is 11.6 Å². The van der Waals surface area contributed by atoms with Gasteiger partial charge in [0.05, 0.1) is 7.11 Å². The second-order valence-corrected chi connectivity index (χ2v) is 5.36. The molecule has 0 aliphatic carbocycles. The molecule has 20 heavy (non-hydrogen) atoms. The third kappa shape index (κ3) is 3.35. The summed E-state index contributed by atoms with van der Waals surface area (Å²) in [6.45, 7) is 0. The Morgan fingerprint density at radius 2 is 1.85 bits per heavy atom. The first-order valence-corrected chi connectivity index (χ1v) is 6.83. The Labute approximate surface area is 124 Å². The minimum absolute atomic E-state index is 0.120. The lowest BCUT2D eigenvalue weighted by Crippen LogP contribution is -2.17. The number of benzene rings is 2. The zero-order valence-corrected chi connectivity index (χ0v) is 12.5. The number of halogens is 3. The molecule has 0 fully saturated rings. The van der Waals surface area contributed by atoms with Crippen LogP contribution in [0.4, 0.5) is 8.78 Å². The first kappa shape index (κ1) is 14.9. The smallest absolute Gasteiger partial charge is 0.134 e. The van der Waals surface area contributed by atoms with Crippen molar-refractivity contribution in [2.45, 2.75) is 12.5 Å². The highest BCUT2D eigenvalue weighted by molar-refractivity contribution is 9.10. The number of methoxy groups -OCH3 is 1. The summed E-state index contributed by atoms with van der Waals surface area (Å²) in [6.07, 6.45) is 0.347. The Morgan fingerprint density at radius 3 is 2.40 bits per heavy atom. The van der Waals surface area contributed by atoms with Crippen molar-refractivity contribution in [1.29, 1.82) is 0 Å². The van der Waals surface area contributed by atoms with E-state index in [1.54, 1.807) is 0 Å². The molecule has 0 radical (unpaired) electrons. The van der Waals surface area contributed by atoms with Gasteiger partial charge in [0.25, 0.3) is 0 Å². The Morgan fingerprint density at radius 1 is 1.20 bits per heavy atom. The summed E-state index contributed by atoms with van der Waals surface area (Å²) in [7, 11) is 1.36. The molecule has 0 aliphatic heterocycles. The third-order valence-electron chi connectivity index (χ3n) is 3.00. The summed E-state index contributed by atoms with van der Waals surface area (Å²) in [5.74, 6) is -1.24. The molecule has 1 atom stereocenters. The summed E-state index contributed by atoms with van der Waals surface area (Å²) < 4.78 is 33.6. The first-order valence-electron chi connectivity index (χ1n) is 6.04. The number of hydrogen-bond donors (Lipinski definition) is 1. The summed E-state index contributed by atoms with van der Waals surface area (Å²) in [4.78, 5) is 0. The number of ether oxygens (including phenoxy) is 1. The molecule has 0 aliphatic rings. The zero-order chi connectivity index (χ0) is 14.7. The average Bonchev–Trinajstić information content (AvgIpc) is 2.37. The molecule has 0 saturated heterocycles. The van der Waals surface area contributed by atoms with Gasteiger partial charge in [-0.25, -0.2) is 8.78 Å². The normalized spacial score (nSPS) is 12.2. The molecule has 0 bridgehead atoms. The minimum Gasteiger partial charge on any atom is -0.497 e. The van der Waals surface area contributed by atoms with E-state index in [0.717, 1.165) is 22.2 Å². The summed E-state index contributed by atoms with van der Waals surface area (Å²) in [6, 6.07) is 8.99. The Hall–Kier alpha value is -1.46. The van der Waals surface area contributed by atoms with Gasteiger partial charge in [-0.15, -0.1) is 0 Å². The topological polar surface area (TPSA) is 35.2 Å². The summed E-state index contributed by atoms with van der Waals surface area (Å²) in [5, 5.41) is 0. The molecular formula is C15H14BrF2NO. The fraction of sp³-hybridized carbons (Fsp3) is 0.200. The molecule has 5 heteroatoms. The fourth-order valence-electron chi connectivity index (χ4n) is 2.05. The maximum Gasteiger partial charge on any atom is 0.134 e. The minimum atomic E-state index is -0.754. The van der Waals surface area contributed by atoms with E-state index in [1.807, 2.05) is 24.3 Å². The summed E-state index contributed by atoms with van der Waals surface area (Å²) >= 11 is 3.35. The molecule has 0 heterocycles. The maximum atomic E-state index is 13.9. The van der Waals surface area contributed by atoms with Gasteiger partial charge in [0.15, 0.2) is 0 Å². The monoisotopic (exact) mass is 341 g/mol. The molecule has 2 rings (SSSR count). The summed E-state index contributed by atoms with van der Waals surface area (Å²) in [5.41, 5.74) is 6.72. The molecule has 0 aromatic heterocycles. The van der Waals surface area contributed by atoms with Crippen molar-refractivity contribution in [3.05, 3.63) is 63.6 Å². The molecule has 1 unspecified atom stereocenters. The predicted molar refractivity (Wildman–Crippen MR) is 77.7 cm³/mol. The number of nitrogens with two attached hydrogens (primary N) is 1. The molecule has 0 amide bonds. The van der Waals surface area contributed by atoms with E-state index in [4.69, 9.17) is 10.5 Å². The van der Waals surface area contributed by atoms with E-state index in [2.05, 4.69) is 15.9 Å². The van der Waals surface area contributed by atoms with Crippen LogP contribution < -0.4 is 10.5 Å². The molecule has 0 spiro atoms. The van der Waals surface area contributed by atoms with Crippen LogP contribution in [0.5, 0.6) is 5.75 Å². The quantitative estimate of drug-likeness (QED) is 0.912. The van der Waals surface area contributed by atoms with Gasteiger partial charge < -0.3 is 10.5 Å².